The molecule has 0 aromatic carbocycles. The highest BCUT2D eigenvalue weighted by molar-refractivity contribution is 7.99. The van der Waals surface area contributed by atoms with Gasteiger partial charge in [-0.3, -0.25) is 0 Å². The first kappa shape index (κ1) is 8.85. The molecule has 12 heavy (non-hydrogen) atoms. The molecule has 0 bridgehead atoms. The van der Waals surface area contributed by atoms with Gasteiger partial charge in [-0.25, -0.2) is 0 Å². The Morgan fingerprint density at radius 3 is 2.83 bits per heavy atom. The minimum Gasteiger partial charge on any atom is -0.326 e. The lowest BCUT2D eigenvalue weighted by atomic mass is 10.0. The number of nitrogens with zero attached hydrogens (tertiary/aromatic N) is 1. The molecular weight excluding hydrogens is 168 g/mol. The summed E-state index contributed by atoms with van der Waals surface area (Å²) in [6.45, 7) is 1.22. The van der Waals surface area contributed by atoms with Crippen LogP contribution in [0.15, 0.2) is 0 Å². The maximum atomic E-state index is 6.19. The summed E-state index contributed by atoms with van der Waals surface area (Å²) in [7, 11) is 2.21. The Morgan fingerprint density at radius 2 is 2.25 bits per heavy atom. The van der Waals surface area contributed by atoms with E-state index in [2.05, 4.69) is 23.7 Å². The minimum atomic E-state index is 0.447. The summed E-state index contributed by atoms with van der Waals surface area (Å²) in [6.07, 6.45) is 2.74. The van der Waals surface area contributed by atoms with Crippen LogP contribution >= 0.6 is 11.8 Å². The maximum absolute atomic E-state index is 6.19. The molecule has 0 spiro atoms. The first-order valence-corrected chi connectivity index (χ1v) is 5.98. The molecule has 2 atom stereocenters. The van der Waals surface area contributed by atoms with Gasteiger partial charge in [0, 0.05) is 30.1 Å². The van der Waals surface area contributed by atoms with Crippen LogP contribution in [-0.4, -0.2) is 42.1 Å². The zero-order valence-corrected chi connectivity index (χ0v) is 8.52. The van der Waals surface area contributed by atoms with Gasteiger partial charge in [-0.2, -0.15) is 11.8 Å². The third-order valence-corrected chi connectivity index (χ3v) is 4.10. The van der Waals surface area contributed by atoms with Crippen molar-refractivity contribution in [2.75, 3.05) is 25.1 Å². The second kappa shape index (κ2) is 3.56. The third kappa shape index (κ3) is 1.78. The molecule has 2 fully saturated rings. The van der Waals surface area contributed by atoms with Crippen molar-refractivity contribution in [3.05, 3.63) is 0 Å². The quantitative estimate of drug-likeness (QED) is 0.691. The fourth-order valence-corrected chi connectivity index (χ4v) is 3.21. The number of hydrogen-bond acceptors (Lipinski definition) is 3. The van der Waals surface area contributed by atoms with Crippen LogP contribution in [0, 0.1) is 5.92 Å². The summed E-state index contributed by atoms with van der Waals surface area (Å²) in [4.78, 5) is 2.44. The molecule has 1 aliphatic carbocycles. The molecule has 0 amide bonds. The monoisotopic (exact) mass is 186 g/mol. The van der Waals surface area contributed by atoms with Gasteiger partial charge in [-0.1, -0.05) is 0 Å². The molecule has 2 nitrogen and oxygen atoms in total. The highest BCUT2D eigenvalue weighted by Gasteiger charge is 2.36. The van der Waals surface area contributed by atoms with Crippen LogP contribution in [0.25, 0.3) is 0 Å². The predicted octanol–water partition coefficient (Wildman–Crippen LogP) is 0.771. The van der Waals surface area contributed by atoms with Gasteiger partial charge in [-0.05, 0) is 25.8 Å². The van der Waals surface area contributed by atoms with Crippen molar-refractivity contribution in [1.29, 1.82) is 0 Å². The van der Waals surface area contributed by atoms with E-state index in [0.717, 1.165) is 5.92 Å². The van der Waals surface area contributed by atoms with Gasteiger partial charge in [-0.15, -0.1) is 0 Å². The smallest absolute Gasteiger partial charge is 0.0337 e. The van der Waals surface area contributed by atoms with Crippen molar-refractivity contribution in [3.63, 3.8) is 0 Å². The van der Waals surface area contributed by atoms with E-state index in [9.17, 15) is 0 Å². The molecule has 1 saturated heterocycles. The fraction of sp³-hybridized carbons (Fsp3) is 1.00. The van der Waals surface area contributed by atoms with Crippen molar-refractivity contribution in [2.45, 2.75) is 24.9 Å². The molecular formula is C9H18N2S. The van der Waals surface area contributed by atoms with E-state index >= 15 is 0 Å². The molecule has 0 aromatic rings. The Labute approximate surface area is 78.9 Å². The summed E-state index contributed by atoms with van der Waals surface area (Å²) >= 11 is 2.06. The molecule has 2 rings (SSSR count). The summed E-state index contributed by atoms with van der Waals surface area (Å²) in [5, 5.41) is 0. The van der Waals surface area contributed by atoms with Gasteiger partial charge in [0.15, 0.2) is 0 Å². The first-order chi connectivity index (χ1) is 5.79. The van der Waals surface area contributed by atoms with Crippen LogP contribution in [0.4, 0.5) is 0 Å². The van der Waals surface area contributed by atoms with Crippen LogP contribution in [-0.2, 0) is 0 Å². The van der Waals surface area contributed by atoms with Gasteiger partial charge in [0.2, 0.25) is 0 Å². The van der Waals surface area contributed by atoms with Crippen molar-refractivity contribution >= 4 is 11.8 Å². The van der Waals surface area contributed by atoms with Gasteiger partial charge >= 0.3 is 0 Å². The van der Waals surface area contributed by atoms with E-state index in [1.807, 2.05) is 0 Å². The lowest BCUT2D eigenvalue weighted by Crippen LogP contribution is -2.51. The zero-order valence-electron chi connectivity index (χ0n) is 7.70. The fourth-order valence-electron chi connectivity index (χ4n) is 1.91. The Balaban J connectivity index is 1.90. The minimum absolute atomic E-state index is 0.447. The summed E-state index contributed by atoms with van der Waals surface area (Å²) in [5.41, 5.74) is 6.19. The van der Waals surface area contributed by atoms with Gasteiger partial charge < -0.3 is 10.6 Å². The molecule has 0 aromatic heterocycles. The number of hydrogen-bond donors (Lipinski definition) is 1. The molecule has 1 saturated carbocycles. The SMILES string of the molecule is CN1CCSCC1C(N)C1CC1. The van der Waals surface area contributed by atoms with E-state index in [-0.39, 0.29) is 0 Å². The van der Waals surface area contributed by atoms with E-state index in [1.165, 1.54) is 30.9 Å². The number of likely N-dealkylation sites (N-methyl/N-ethyl adjacent to an activating group) is 1. The maximum Gasteiger partial charge on any atom is 0.0337 e. The summed E-state index contributed by atoms with van der Waals surface area (Å²) in [5.74, 6) is 3.37. The molecule has 3 heteroatoms. The van der Waals surface area contributed by atoms with Crippen molar-refractivity contribution in [2.24, 2.45) is 11.7 Å². The summed E-state index contributed by atoms with van der Waals surface area (Å²) in [6, 6.07) is 1.10. The van der Waals surface area contributed by atoms with Crippen LogP contribution in [0.5, 0.6) is 0 Å². The topological polar surface area (TPSA) is 29.3 Å². The van der Waals surface area contributed by atoms with Crippen LogP contribution in [0.2, 0.25) is 0 Å². The Kier molecular flexibility index (Phi) is 2.63. The molecule has 2 N–H and O–H groups in total. The molecule has 70 valence electrons. The van der Waals surface area contributed by atoms with E-state index in [1.54, 1.807) is 0 Å². The first-order valence-electron chi connectivity index (χ1n) is 4.82. The second-order valence-electron chi connectivity index (χ2n) is 4.04. The average molecular weight is 186 g/mol. The molecule has 2 aliphatic rings. The number of rotatable bonds is 2. The van der Waals surface area contributed by atoms with Crippen LogP contribution in [0.1, 0.15) is 12.8 Å². The lowest BCUT2D eigenvalue weighted by molar-refractivity contribution is 0.225. The van der Waals surface area contributed by atoms with E-state index < -0.39 is 0 Å². The third-order valence-electron chi connectivity index (χ3n) is 3.05. The Morgan fingerprint density at radius 1 is 1.50 bits per heavy atom. The highest BCUT2D eigenvalue weighted by Crippen LogP contribution is 2.35. The largest absolute Gasteiger partial charge is 0.326 e. The van der Waals surface area contributed by atoms with Crippen LogP contribution in [0.3, 0.4) is 0 Å². The normalized spacial score (nSPS) is 35.0. The van der Waals surface area contributed by atoms with Gasteiger partial charge in [0.05, 0.1) is 0 Å². The Bertz CT molecular complexity index is 159. The molecule has 1 heterocycles. The van der Waals surface area contributed by atoms with Crippen molar-refractivity contribution < 1.29 is 0 Å². The summed E-state index contributed by atoms with van der Waals surface area (Å²) < 4.78 is 0. The number of thioether (sulfide) groups is 1. The number of nitrogens with two attached hydrogens (primary N) is 1. The zero-order chi connectivity index (χ0) is 8.55. The van der Waals surface area contributed by atoms with Crippen molar-refractivity contribution in [1.82, 2.24) is 4.90 Å². The van der Waals surface area contributed by atoms with Crippen LogP contribution < -0.4 is 5.73 Å². The predicted molar refractivity (Wildman–Crippen MR) is 54.4 cm³/mol. The molecule has 2 unspecified atom stereocenters. The standard InChI is InChI=1S/C9H18N2S/c1-11-4-5-12-6-8(11)9(10)7-2-3-7/h7-9H,2-6,10H2,1H3. The van der Waals surface area contributed by atoms with E-state index in [0.29, 0.717) is 12.1 Å². The van der Waals surface area contributed by atoms with Gasteiger partial charge in [0.25, 0.3) is 0 Å². The van der Waals surface area contributed by atoms with E-state index in [4.69, 9.17) is 5.73 Å². The van der Waals surface area contributed by atoms with Gasteiger partial charge in [0.1, 0.15) is 0 Å². The Hall–Kier alpha value is 0.270. The highest BCUT2D eigenvalue weighted by atomic mass is 32.2. The second-order valence-corrected chi connectivity index (χ2v) is 5.19. The molecule has 0 radical (unpaired) electrons. The molecule has 1 aliphatic heterocycles. The lowest BCUT2D eigenvalue weighted by Gasteiger charge is -2.36. The van der Waals surface area contributed by atoms with Crippen molar-refractivity contribution in [3.8, 4) is 0 Å². The average Bonchev–Trinajstić information content (AvgIpc) is 2.86.